The van der Waals surface area contributed by atoms with Gasteiger partial charge in [-0.15, -0.1) is 0 Å². The first-order chi connectivity index (χ1) is 17.0. The van der Waals surface area contributed by atoms with Crippen LogP contribution in [-0.2, 0) is 11.3 Å². The Bertz CT molecular complexity index is 1170. The SMILES string of the molecule is Cc1ccc(N2CCC[C@H](C(=O)N(Cc3nc(-c4ccc(Cl)cc4Cl)no3)C3CCCC3)C2)cc1. The van der Waals surface area contributed by atoms with Crippen LogP contribution in [0.25, 0.3) is 11.4 Å². The molecule has 0 radical (unpaired) electrons. The van der Waals surface area contributed by atoms with Gasteiger partial charge in [-0.1, -0.05) is 58.9 Å². The first-order valence-electron chi connectivity index (χ1n) is 12.4. The summed E-state index contributed by atoms with van der Waals surface area (Å²) >= 11 is 12.4. The summed E-state index contributed by atoms with van der Waals surface area (Å²) in [5.41, 5.74) is 3.08. The maximum Gasteiger partial charge on any atom is 0.246 e. The average Bonchev–Trinajstić information content (AvgIpc) is 3.55. The number of benzene rings is 2. The summed E-state index contributed by atoms with van der Waals surface area (Å²) in [4.78, 5) is 22.8. The van der Waals surface area contributed by atoms with E-state index in [0.29, 0.717) is 33.9 Å². The molecule has 6 nitrogen and oxygen atoms in total. The molecule has 2 fully saturated rings. The number of halogens is 2. The van der Waals surface area contributed by atoms with Gasteiger partial charge in [0.15, 0.2) is 0 Å². The molecular formula is C27H30Cl2N4O2. The molecule has 2 aromatic carbocycles. The zero-order valence-corrected chi connectivity index (χ0v) is 21.4. The van der Waals surface area contributed by atoms with Crippen molar-refractivity contribution < 1.29 is 9.32 Å². The number of rotatable bonds is 6. The van der Waals surface area contributed by atoms with E-state index in [4.69, 9.17) is 27.7 Å². The maximum absolute atomic E-state index is 13.9. The van der Waals surface area contributed by atoms with Crippen LogP contribution in [0.2, 0.25) is 10.0 Å². The summed E-state index contributed by atoms with van der Waals surface area (Å²) in [6.07, 6.45) is 6.23. The lowest BCUT2D eigenvalue weighted by Gasteiger charge is -2.37. The number of amides is 1. The van der Waals surface area contributed by atoms with Crippen LogP contribution in [0.4, 0.5) is 5.69 Å². The molecule has 8 heteroatoms. The lowest BCUT2D eigenvalue weighted by molar-refractivity contribution is -0.139. The van der Waals surface area contributed by atoms with Crippen LogP contribution in [-0.4, -0.2) is 40.1 Å². The van der Waals surface area contributed by atoms with Crippen molar-refractivity contribution in [3.63, 3.8) is 0 Å². The van der Waals surface area contributed by atoms with Crippen molar-refractivity contribution in [2.24, 2.45) is 5.92 Å². The summed E-state index contributed by atoms with van der Waals surface area (Å²) in [7, 11) is 0. The van der Waals surface area contributed by atoms with Gasteiger partial charge in [-0.05, 0) is 62.9 Å². The Hall–Kier alpha value is -2.57. The molecule has 1 aromatic heterocycles. The molecule has 35 heavy (non-hydrogen) atoms. The molecule has 0 bridgehead atoms. The molecular weight excluding hydrogens is 483 g/mol. The van der Waals surface area contributed by atoms with Crippen LogP contribution in [0.15, 0.2) is 47.0 Å². The number of anilines is 1. The second-order valence-electron chi connectivity index (χ2n) is 9.66. The Balaban J connectivity index is 1.33. The standard InChI is InChI=1S/C27H30Cl2N4O2/c1-18-8-11-21(12-9-18)32-14-4-5-19(16-32)27(34)33(22-6-2-3-7-22)17-25-30-26(31-35-25)23-13-10-20(28)15-24(23)29/h8-13,15,19,22H,2-7,14,16-17H2,1H3/t19-/m0/s1. The lowest BCUT2D eigenvalue weighted by Crippen LogP contribution is -2.47. The van der Waals surface area contributed by atoms with Gasteiger partial charge in [0.05, 0.1) is 10.9 Å². The molecule has 0 spiro atoms. The van der Waals surface area contributed by atoms with E-state index in [2.05, 4.69) is 46.2 Å². The third-order valence-corrected chi connectivity index (χ3v) is 7.71. The molecule has 1 atom stereocenters. The fourth-order valence-electron chi connectivity index (χ4n) is 5.25. The van der Waals surface area contributed by atoms with Crippen molar-refractivity contribution in [2.75, 3.05) is 18.0 Å². The number of carbonyl (C=O) groups is 1. The van der Waals surface area contributed by atoms with Crippen molar-refractivity contribution >= 4 is 34.8 Å². The fraction of sp³-hybridized carbons (Fsp3) is 0.444. The smallest absolute Gasteiger partial charge is 0.246 e. The van der Waals surface area contributed by atoms with Gasteiger partial charge in [0.1, 0.15) is 6.54 Å². The quantitative estimate of drug-likeness (QED) is 0.375. The third-order valence-electron chi connectivity index (χ3n) is 7.16. The monoisotopic (exact) mass is 512 g/mol. The molecule has 5 rings (SSSR count). The highest BCUT2D eigenvalue weighted by Crippen LogP contribution is 2.32. The van der Waals surface area contributed by atoms with Gasteiger partial charge >= 0.3 is 0 Å². The van der Waals surface area contributed by atoms with Crippen LogP contribution < -0.4 is 4.90 Å². The highest BCUT2D eigenvalue weighted by atomic mass is 35.5. The Labute approximate surface area is 216 Å². The summed E-state index contributed by atoms with van der Waals surface area (Å²) in [6.45, 7) is 4.13. The van der Waals surface area contributed by atoms with Crippen LogP contribution in [0.1, 0.15) is 50.0 Å². The zero-order chi connectivity index (χ0) is 24.4. The van der Waals surface area contributed by atoms with Gasteiger partial charge in [0, 0.05) is 35.4 Å². The van der Waals surface area contributed by atoms with Crippen molar-refractivity contribution in [2.45, 2.75) is 58.0 Å². The van der Waals surface area contributed by atoms with Crippen LogP contribution in [0.3, 0.4) is 0 Å². The Morgan fingerprint density at radius 3 is 2.60 bits per heavy atom. The Morgan fingerprint density at radius 1 is 1.09 bits per heavy atom. The second-order valence-corrected chi connectivity index (χ2v) is 10.5. The number of hydrogen-bond acceptors (Lipinski definition) is 5. The van der Waals surface area contributed by atoms with Gasteiger partial charge in [-0.3, -0.25) is 4.79 Å². The fourth-order valence-corrected chi connectivity index (χ4v) is 5.74. The zero-order valence-electron chi connectivity index (χ0n) is 19.9. The van der Waals surface area contributed by atoms with Crippen molar-refractivity contribution in [1.82, 2.24) is 15.0 Å². The summed E-state index contributed by atoms with van der Waals surface area (Å²) in [5, 5.41) is 5.14. The molecule has 2 aliphatic rings. The summed E-state index contributed by atoms with van der Waals surface area (Å²) in [6, 6.07) is 14.0. The predicted octanol–water partition coefficient (Wildman–Crippen LogP) is 6.54. The van der Waals surface area contributed by atoms with E-state index in [0.717, 1.165) is 51.6 Å². The predicted molar refractivity (Wildman–Crippen MR) is 139 cm³/mol. The van der Waals surface area contributed by atoms with Crippen molar-refractivity contribution in [3.8, 4) is 11.4 Å². The van der Waals surface area contributed by atoms with Crippen molar-refractivity contribution in [3.05, 3.63) is 64.0 Å². The molecule has 1 amide bonds. The Kier molecular flexibility index (Phi) is 7.30. The number of carbonyl (C=O) groups excluding carboxylic acids is 1. The number of aromatic nitrogens is 2. The van der Waals surface area contributed by atoms with Gasteiger partial charge in [0.25, 0.3) is 0 Å². The first kappa shape index (κ1) is 24.1. The minimum absolute atomic E-state index is 0.0428. The molecule has 0 unspecified atom stereocenters. The van der Waals surface area contributed by atoms with Gasteiger partial charge in [0.2, 0.25) is 17.6 Å². The third kappa shape index (κ3) is 5.49. The van der Waals surface area contributed by atoms with E-state index in [9.17, 15) is 4.79 Å². The average molecular weight is 513 g/mol. The van der Waals surface area contributed by atoms with E-state index < -0.39 is 0 Å². The molecule has 2 heterocycles. The first-order valence-corrected chi connectivity index (χ1v) is 13.1. The molecule has 184 valence electrons. The highest BCUT2D eigenvalue weighted by Gasteiger charge is 2.35. The number of nitrogens with zero attached hydrogens (tertiary/aromatic N) is 4. The van der Waals surface area contributed by atoms with Crippen LogP contribution in [0, 0.1) is 12.8 Å². The molecule has 1 saturated carbocycles. The number of aryl methyl sites for hydroxylation is 1. The van der Waals surface area contributed by atoms with E-state index >= 15 is 0 Å². The van der Waals surface area contributed by atoms with Crippen LogP contribution in [0.5, 0.6) is 0 Å². The summed E-state index contributed by atoms with van der Waals surface area (Å²) in [5.74, 6) is 0.984. The lowest BCUT2D eigenvalue weighted by atomic mass is 9.95. The van der Waals surface area contributed by atoms with E-state index in [-0.39, 0.29) is 17.9 Å². The topological polar surface area (TPSA) is 62.5 Å². The molecule has 1 saturated heterocycles. The van der Waals surface area contributed by atoms with Gasteiger partial charge in [-0.2, -0.15) is 4.98 Å². The van der Waals surface area contributed by atoms with Gasteiger partial charge in [-0.25, -0.2) is 0 Å². The molecule has 1 aliphatic carbocycles. The summed E-state index contributed by atoms with van der Waals surface area (Å²) < 4.78 is 5.58. The Morgan fingerprint density at radius 2 is 1.86 bits per heavy atom. The van der Waals surface area contributed by atoms with Crippen molar-refractivity contribution in [1.29, 1.82) is 0 Å². The number of piperidine rings is 1. The minimum Gasteiger partial charge on any atom is -0.371 e. The maximum atomic E-state index is 13.9. The molecule has 3 aromatic rings. The number of hydrogen-bond donors (Lipinski definition) is 0. The minimum atomic E-state index is -0.0428. The molecule has 0 N–H and O–H groups in total. The van der Waals surface area contributed by atoms with E-state index in [1.807, 2.05) is 4.90 Å². The van der Waals surface area contributed by atoms with Crippen LogP contribution >= 0.6 is 23.2 Å². The highest BCUT2D eigenvalue weighted by molar-refractivity contribution is 6.36. The van der Waals surface area contributed by atoms with Gasteiger partial charge < -0.3 is 14.3 Å². The second kappa shape index (κ2) is 10.6. The van der Waals surface area contributed by atoms with E-state index in [1.54, 1.807) is 18.2 Å². The largest absolute Gasteiger partial charge is 0.371 e. The van der Waals surface area contributed by atoms with E-state index in [1.165, 1.54) is 11.3 Å². The molecule has 1 aliphatic heterocycles. The normalized spacial score (nSPS) is 18.7.